The molecule has 1 aromatic heterocycles. The standard InChI is InChI=1S/C19H21NO5/c1-2-13-3-5-14(6-4-13)16-7-8-17(25-16)19(23)20-9-10-24-15(12-20)11-18(21)22/h3-8,15H,2,9-12H2,1H3,(H,21,22). The smallest absolute Gasteiger partial charge is 0.306 e. The second-order valence-electron chi connectivity index (χ2n) is 6.06. The third-order valence-corrected chi connectivity index (χ3v) is 4.29. The van der Waals surface area contributed by atoms with Crippen LogP contribution in [0.25, 0.3) is 11.3 Å². The zero-order chi connectivity index (χ0) is 17.8. The largest absolute Gasteiger partial charge is 0.481 e. The lowest BCUT2D eigenvalue weighted by atomic mass is 10.1. The van der Waals surface area contributed by atoms with Gasteiger partial charge >= 0.3 is 5.97 Å². The van der Waals surface area contributed by atoms with Crippen molar-refractivity contribution in [2.24, 2.45) is 0 Å². The highest BCUT2D eigenvalue weighted by atomic mass is 16.5. The monoisotopic (exact) mass is 343 g/mol. The number of hydrogen-bond donors (Lipinski definition) is 1. The molecule has 2 aromatic rings. The highest BCUT2D eigenvalue weighted by Gasteiger charge is 2.28. The van der Waals surface area contributed by atoms with Crippen molar-refractivity contribution < 1.29 is 23.8 Å². The van der Waals surface area contributed by atoms with Crippen LogP contribution in [0.3, 0.4) is 0 Å². The van der Waals surface area contributed by atoms with E-state index in [4.69, 9.17) is 14.3 Å². The molecular weight excluding hydrogens is 322 g/mol. The third kappa shape index (κ3) is 4.09. The quantitative estimate of drug-likeness (QED) is 0.903. The Morgan fingerprint density at radius 1 is 1.20 bits per heavy atom. The average Bonchev–Trinajstić information content (AvgIpc) is 3.11. The van der Waals surface area contributed by atoms with Crippen LogP contribution in [-0.2, 0) is 16.0 Å². The van der Waals surface area contributed by atoms with E-state index in [0.717, 1.165) is 12.0 Å². The fourth-order valence-electron chi connectivity index (χ4n) is 2.89. The maximum Gasteiger partial charge on any atom is 0.306 e. The van der Waals surface area contributed by atoms with Gasteiger partial charge < -0.3 is 19.2 Å². The van der Waals surface area contributed by atoms with E-state index in [9.17, 15) is 9.59 Å². The summed E-state index contributed by atoms with van der Waals surface area (Å²) in [4.78, 5) is 25.0. The van der Waals surface area contributed by atoms with Crippen LogP contribution in [-0.4, -0.2) is 47.7 Å². The molecule has 0 saturated carbocycles. The Balaban J connectivity index is 1.70. The highest BCUT2D eigenvalue weighted by Crippen LogP contribution is 2.24. The summed E-state index contributed by atoms with van der Waals surface area (Å²) in [5.74, 6) is -0.280. The van der Waals surface area contributed by atoms with Crippen LogP contribution in [0.5, 0.6) is 0 Å². The Bertz CT molecular complexity index is 749. The van der Waals surface area contributed by atoms with E-state index in [0.29, 0.717) is 18.9 Å². The minimum absolute atomic E-state index is 0.114. The van der Waals surface area contributed by atoms with Crippen LogP contribution in [0.2, 0.25) is 0 Å². The van der Waals surface area contributed by atoms with E-state index in [1.165, 1.54) is 5.56 Å². The lowest BCUT2D eigenvalue weighted by Gasteiger charge is -2.31. The van der Waals surface area contributed by atoms with Gasteiger partial charge in [0.25, 0.3) is 5.91 Å². The summed E-state index contributed by atoms with van der Waals surface area (Å²) in [6, 6.07) is 11.5. The number of carboxylic acid groups (broad SMARTS) is 1. The zero-order valence-electron chi connectivity index (χ0n) is 14.1. The second kappa shape index (κ2) is 7.53. The van der Waals surface area contributed by atoms with Gasteiger partial charge in [-0.3, -0.25) is 9.59 Å². The van der Waals surface area contributed by atoms with E-state index >= 15 is 0 Å². The first-order valence-corrected chi connectivity index (χ1v) is 8.38. The molecule has 1 aliphatic heterocycles. The molecule has 1 atom stereocenters. The highest BCUT2D eigenvalue weighted by molar-refractivity contribution is 5.92. The minimum atomic E-state index is -0.935. The summed E-state index contributed by atoms with van der Waals surface area (Å²) in [7, 11) is 0. The number of carbonyl (C=O) groups excluding carboxylic acids is 1. The maximum absolute atomic E-state index is 12.6. The van der Waals surface area contributed by atoms with Crippen molar-refractivity contribution in [1.29, 1.82) is 0 Å². The SMILES string of the molecule is CCc1ccc(-c2ccc(C(=O)N3CCOC(CC(=O)O)C3)o2)cc1. The Kier molecular flexibility index (Phi) is 5.19. The predicted octanol–water partition coefficient (Wildman–Crippen LogP) is 2.82. The Morgan fingerprint density at radius 3 is 2.64 bits per heavy atom. The lowest BCUT2D eigenvalue weighted by Crippen LogP contribution is -2.46. The molecule has 0 spiro atoms. The number of aliphatic carboxylic acids is 1. The van der Waals surface area contributed by atoms with Gasteiger partial charge in [0.1, 0.15) is 5.76 Å². The first-order valence-electron chi connectivity index (χ1n) is 8.38. The van der Waals surface area contributed by atoms with Gasteiger partial charge in [0.2, 0.25) is 0 Å². The number of aryl methyl sites for hydroxylation is 1. The van der Waals surface area contributed by atoms with Crippen molar-refractivity contribution in [2.45, 2.75) is 25.9 Å². The maximum atomic E-state index is 12.6. The lowest BCUT2D eigenvalue weighted by molar-refractivity contribution is -0.141. The van der Waals surface area contributed by atoms with Crippen LogP contribution >= 0.6 is 0 Å². The predicted molar refractivity (Wildman–Crippen MR) is 91.4 cm³/mol. The number of amides is 1. The van der Waals surface area contributed by atoms with Crippen molar-refractivity contribution in [1.82, 2.24) is 4.90 Å². The number of hydrogen-bond acceptors (Lipinski definition) is 4. The van der Waals surface area contributed by atoms with Crippen LogP contribution in [0.4, 0.5) is 0 Å². The van der Waals surface area contributed by atoms with E-state index in [1.807, 2.05) is 24.3 Å². The molecule has 1 amide bonds. The normalized spacial score (nSPS) is 17.5. The molecule has 3 rings (SSSR count). The number of ether oxygens (including phenoxy) is 1. The van der Waals surface area contributed by atoms with Gasteiger partial charge in [0.05, 0.1) is 19.1 Å². The molecule has 6 heteroatoms. The van der Waals surface area contributed by atoms with Crippen LogP contribution in [0, 0.1) is 0 Å². The van der Waals surface area contributed by atoms with Gasteiger partial charge in [0, 0.05) is 18.7 Å². The summed E-state index contributed by atoms with van der Waals surface area (Å²) in [6.45, 7) is 3.11. The van der Waals surface area contributed by atoms with E-state index in [2.05, 4.69) is 6.92 Å². The Hall–Kier alpha value is -2.60. The van der Waals surface area contributed by atoms with Crippen LogP contribution < -0.4 is 0 Å². The van der Waals surface area contributed by atoms with Gasteiger partial charge in [0.15, 0.2) is 5.76 Å². The number of furan rings is 1. The molecule has 0 bridgehead atoms. The van der Waals surface area contributed by atoms with Gasteiger partial charge in [-0.05, 0) is 24.1 Å². The van der Waals surface area contributed by atoms with Crippen molar-refractivity contribution in [3.05, 3.63) is 47.7 Å². The van der Waals surface area contributed by atoms with E-state index < -0.39 is 12.1 Å². The number of morpholine rings is 1. The summed E-state index contributed by atoms with van der Waals surface area (Å²) < 4.78 is 11.1. The molecule has 6 nitrogen and oxygen atoms in total. The van der Waals surface area contributed by atoms with E-state index in [1.54, 1.807) is 17.0 Å². The molecule has 25 heavy (non-hydrogen) atoms. The van der Waals surface area contributed by atoms with Gasteiger partial charge in [-0.25, -0.2) is 0 Å². The molecule has 0 aliphatic carbocycles. The number of nitrogens with zero attached hydrogens (tertiary/aromatic N) is 1. The molecule has 0 radical (unpaired) electrons. The number of benzene rings is 1. The van der Waals surface area contributed by atoms with Gasteiger partial charge in [-0.15, -0.1) is 0 Å². The molecule has 132 valence electrons. The number of carbonyl (C=O) groups is 2. The molecule has 1 aromatic carbocycles. The summed E-state index contributed by atoms with van der Waals surface area (Å²) in [5.41, 5.74) is 2.16. The van der Waals surface area contributed by atoms with Gasteiger partial charge in [-0.1, -0.05) is 31.2 Å². The molecular formula is C19H21NO5. The molecule has 2 heterocycles. The molecule has 1 N–H and O–H groups in total. The van der Waals surface area contributed by atoms with E-state index in [-0.39, 0.29) is 24.6 Å². The van der Waals surface area contributed by atoms with Crippen molar-refractivity contribution in [3.63, 3.8) is 0 Å². The molecule has 1 saturated heterocycles. The molecule has 1 aliphatic rings. The Labute approximate surface area is 146 Å². The summed E-state index contributed by atoms with van der Waals surface area (Å²) >= 11 is 0. The van der Waals surface area contributed by atoms with Crippen LogP contribution in [0.15, 0.2) is 40.8 Å². The first-order chi connectivity index (χ1) is 12.1. The van der Waals surface area contributed by atoms with Crippen molar-refractivity contribution >= 4 is 11.9 Å². The second-order valence-corrected chi connectivity index (χ2v) is 6.06. The number of carboxylic acids is 1. The topological polar surface area (TPSA) is 80.0 Å². The fraction of sp³-hybridized carbons (Fsp3) is 0.368. The van der Waals surface area contributed by atoms with Crippen molar-refractivity contribution in [2.75, 3.05) is 19.7 Å². The van der Waals surface area contributed by atoms with Gasteiger partial charge in [-0.2, -0.15) is 0 Å². The first kappa shape index (κ1) is 17.2. The minimum Gasteiger partial charge on any atom is -0.481 e. The fourth-order valence-corrected chi connectivity index (χ4v) is 2.89. The average molecular weight is 343 g/mol. The van der Waals surface area contributed by atoms with Crippen molar-refractivity contribution in [3.8, 4) is 11.3 Å². The third-order valence-electron chi connectivity index (χ3n) is 4.29. The number of rotatable bonds is 5. The molecule has 1 unspecified atom stereocenters. The summed E-state index contributed by atoms with van der Waals surface area (Å²) in [6.07, 6.45) is 0.374. The molecule has 1 fully saturated rings. The van der Waals surface area contributed by atoms with Crippen LogP contribution in [0.1, 0.15) is 29.5 Å². The summed E-state index contributed by atoms with van der Waals surface area (Å²) in [5, 5.41) is 8.87. The Morgan fingerprint density at radius 2 is 1.96 bits per heavy atom. The zero-order valence-corrected chi connectivity index (χ0v) is 14.1.